The number of benzene rings is 1. The van der Waals surface area contributed by atoms with E-state index in [1.165, 1.54) is 0 Å². The van der Waals surface area contributed by atoms with Gasteiger partial charge in [-0.05, 0) is 57.4 Å². The maximum atomic E-state index is 12.5. The molecule has 0 unspecified atom stereocenters. The third-order valence-corrected chi connectivity index (χ3v) is 4.15. The number of halogens is 1. The van der Waals surface area contributed by atoms with Crippen LogP contribution in [0.15, 0.2) is 30.3 Å². The van der Waals surface area contributed by atoms with Crippen LogP contribution in [0.3, 0.4) is 0 Å². The van der Waals surface area contributed by atoms with Gasteiger partial charge in [0.2, 0.25) is 0 Å². The highest BCUT2D eigenvalue weighted by Crippen LogP contribution is 2.35. The van der Waals surface area contributed by atoms with Crippen LogP contribution in [-0.2, 0) is 4.79 Å². The second kappa shape index (κ2) is 6.24. The molecular weight excluding hydrogens is 314 g/mol. The van der Waals surface area contributed by atoms with Gasteiger partial charge in [0.1, 0.15) is 11.6 Å². The van der Waals surface area contributed by atoms with Gasteiger partial charge in [-0.3, -0.25) is 9.89 Å². The molecule has 0 spiro atoms. The predicted octanol–water partition coefficient (Wildman–Crippen LogP) is 3.94. The molecule has 1 aromatic heterocycles. The van der Waals surface area contributed by atoms with Crippen molar-refractivity contribution in [2.75, 3.05) is 5.32 Å². The maximum Gasteiger partial charge on any atom is 0.269 e. The fourth-order valence-electron chi connectivity index (χ4n) is 2.30. The van der Waals surface area contributed by atoms with Gasteiger partial charge in [-0.25, -0.2) is 0 Å². The number of carbonyl (C=O) groups excluding carboxylic acids is 1. The molecule has 1 aromatic carbocycles. The molecule has 1 aliphatic carbocycles. The summed E-state index contributed by atoms with van der Waals surface area (Å²) in [6.07, 6.45) is 4.31. The van der Waals surface area contributed by atoms with Gasteiger partial charge in [-0.15, -0.1) is 0 Å². The molecule has 2 aromatic rings. The molecule has 2 N–H and O–H groups in total. The van der Waals surface area contributed by atoms with Crippen molar-refractivity contribution in [3.8, 4) is 5.75 Å². The molecule has 0 aliphatic heterocycles. The normalized spacial score (nSPS) is 15.1. The smallest absolute Gasteiger partial charge is 0.269 e. The number of nitrogens with one attached hydrogen (secondary N) is 2. The van der Waals surface area contributed by atoms with Crippen LogP contribution in [0.2, 0.25) is 5.02 Å². The molecule has 0 bridgehead atoms. The zero-order valence-corrected chi connectivity index (χ0v) is 13.9. The van der Waals surface area contributed by atoms with E-state index in [1.807, 2.05) is 6.07 Å². The van der Waals surface area contributed by atoms with E-state index in [0.29, 0.717) is 22.5 Å². The first-order valence-electron chi connectivity index (χ1n) is 7.57. The summed E-state index contributed by atoms with van der Waals surface area (Å²) in [5.74, 6) is 1.40. The summed E-state index contributed by atoms with van der Waals surface area (Å²) in [6.45, 7) is 3.43. The standard InChI is InChI=1S/C17H19ClN3O2/c1-17(2,23-13-8-6-12(18)7-9-13)16(22)19-15-10-14(20-21-15)11-4-3-5-11/h3,6-11H,4-5H2,1-2H3,(H2,19,20,21,22). The Morgan fingerprint density at radius 1 is 1.35 bits per heavy atom. The van der Waals surface area contributed by atoms with Crippen molar-refractivity contribution in [2.45, 2.75) is 38.2 Å². The molecule has 0 saturated heterocycles. The fourth-order valence-corrected chi connectivity index (χ4v) is 2.43. The number of hydrogen-bond donors (Lipinski definition) is 2. The van der Waals surface area contributed by atoms with Crippen LogP contribution in [0, 0.1) is 6.42 Å². The van der Waals surface area contributed by atoms with Gasteiger partial charge in [-0.1, -0.05) is 11.6 Å². The van der Waals surface area contributed by atoms with Crippen molar-refractivity contribution in [3.63, 3.8) is 0 Å². The highest BCUT2D eigenvalue weighted by Gasteiger charge is 2.31. The summed E-state index contributed by atoms with van der Waals surface area (Å²) in [6, 6.07) is 8.80. The molecule has 1 fully saturated rings. The summed E-state index contributed by atoms with van der Waals surface area (Å²) in [5, 5.41) is 10.6. The van der Waals surface area contributed by atoms with E-state index in [1.54, 1.807) is 38.1 Å². The minimum atomic E-state index is -1.02. The predicted molar refractivity (Wildman–Crippen MR) is 89.7 cm³/mol. The number of hydrogen-bond acceptors (Lipinski definition) is 3. The van der Waals surface area contributed by atoms with Crippen LogP contribution >= 0.6 is 11.6 Å². The van der Waals surface area contributed by atoms with Crippen LogP contribution in [0.1, 0.15) is 38.3 Å². The molecule has 23 heavy (non-hydrogen) atoms. The quantitative estimate of drug-likeness (QED) is 0.871. The number of nitrogens with zero attached hydrogens (tertiary/aromatic N) is 1. The summed E-state index contributed by atoms with van der Waals surface area (Å²) >= 11 is 5.85. The van der Waals surface area contributed by atoms with Crippen molar-refractivity contribution in [3.05, 3.63) is 47.5 Å². The third kappa shape index (κ3) is 3.67. The second-order valence-corrected chi connectivity index (χ2v) is 6.62. The van der Waals surface area contributed by atoms with Crippen LogP contribution in [0.5, 0.6) is 5.75 Å². The molecule has 1 aliphatic rings. The molecule has 1 radical (unpaired) electrons. The monoisotopic (exact) mass is 332 g/mol. The first-order valence-corrected chi connectivity index (χ1v) is 7.95. The van der Waals surface area contributed by atoms with Gasteiger partial charge in [0.25, 0.3) is 5.91 Å². The number of anilines is 1. The first-order chi connectivity index (χ1) is 10.9. The number of amides is 1. The van der Waals surface area contributed by atoms with Crippen molar-refractivity contribution >= 4 is 23.3 Å². The van der Waals surface area contributed by atoms with Crippen molar-refractivity contribution < 1.29 is 9.53 Å². The van der Waals surface area contributed by atoms with E-state index in [2.05, 4.69) is 21.9 Å². The van der Waals surface area contributed by atoms with Crippen LogP contribution in [0.4, 0.5) is 5.82 Å². The Morgan fingerprint density at radius 3 is 2.65 bits per heavy atom. The fraction of sp³-hybridized carbons (Fsp3) is 0.353. The van der Waals surface area contributed by atoms with Crippen molar-refractivity contribution in [2.24, 2.45) is 0 Å². The SMILES string of the molecule is CC(C)(Oc1ccc(Cl)cc1)C(=O)Nc1cc(C2C[CH]C2)n[nH]1. The number of rotatable bonds is 5. The number of aromatic nitrogens is 2. The molecule has 5 nitrogen and oxygen atoms in total. The van der Waals surface area contributed by atoms with Crippen LogP contribution in [0.25, 0.3) is 0 Å². The van der Waals surface area contributed by atoms with Gasteiger partial charge in [0.05, 0.1) is 5.69 Å². The molecule has 1 amide bonds. The van der Waals surface area contributed by atoms with E-state index in [9.17, 15) is 4.79 Å². The number of ether oxygens (including phenoxy) is 1. The van der Waals surface area contributed by atoms with Gasteiger partial charge < -0.3 is 10.1 Å². The van der Waals surface area contributed by atoms with Crippen LogP contribution < -0.4 is 10.1 Å². The number of aromatic amines is 1. The Kier molecular flexibility index (Phi) is 4.31. The number of H-pyrrole nitrogens is 1. The van der Waals surface area contributed by atoms with Gasteiger partial charge in [0, 0.05) is 17.0 Å². The average Bonchev–Trinajstić information content (AvgIpc) is 2.87. The zero-order valence-electron chi connectivity index (χ0n) is 13.1. The summed E-state index contributed by atoms with van der Waals surface area (Å²) in [7, 11) is 0. The minimum Gasteiger partial charge on any atom is -0.478 e. The van der Waals surface area contributed by atoms with Gasteiger partial charge in [-0.2, -0.15) is 5.10 Å². The van der Waals surface area contributed by atoms with Crippen molar-refractivity contribution in [1.82, 2.24) is 10.2 Å². The largest absolute Gasteiger partial charge is 0.478 e. The van der Waals surface area contributed by atoms with E-state index < -0.39 is 5.60 Å². The molecule has 121 valence electrons. The van der Waals surface area contributed by atoms with Crippen LogP contribution in [-0.4, -0.2) is 21.7 Å². The lowest BCUT2D eigenvalue weighted by Gasteiger charge is -2.25. The Hall–Kier alpha value is -2.01. The lowest BCUT2D eigenvalue weighted by atomic mass is 9.83. The van der Waals surface area contributed by atoms with E-state index in [4.69, 9.17) is 16.3 Å². The molecule has 3 rings (SSSR count). The molecule has 0 atom stereocenters. The summed E-state index contributed by atoms with van der Waals surface area (Å²) < 4.78 is 5.77. The molecule has 1 heterocycles. The maximum absolute atomic E-state index is 12.5. The van der Waals surface area contributed by atoms with Crippen molar-refractivity contribution in [1.29, 1.82) is 0 Å². The summed E-state index contributed by atoms with van der Waals surface area (Å²) in [4.78, 5) is 12.5. The second-order valence-electron chi connectivity index (χ2n) is 6.18. The molecule has 6 heteroatoms. The topological polar surface area (TPSA) is 67.0 Å². The zero-order chi connectivity index (χ0) is 16.4. The Labute approximate surface area is 140 Å². The molecule has 1 saturated carbocycles. The van der Waals surface area contributed by atoms with E-state index >= 15 is 0 Å². The van der Waals surface area contributed by atoms with Gasteiger partial charge >= 0.3 is 0 Å². The summed E-state index contributed by atoms with van der Waals surface area (Å²) in [5.41, 5.74) is -0.0391. The Morgan fingerprint density at radius 2 is 2.04 bits per heavy atom. The van der Waals surface area contributed by atoms with Gasteiger partial charge in [0.15, 0.2) is 5.60 Å². The average molecular weight is 333 g/mol. The lowest BCUT2D eigenvalue weighted by Crippen LogP contribution is -2.42. The lowest BCUT2D eigenvalue weighted by molar-refractivity contribution is -0.128. The highest BCUT2D eigenvalue weighted by molar-refractivity contribution is 6.30. The third-order valence-electron chi connectivity index (χ3n) is 3.90. The Balaban J connectivity index is 1.63. The van der Waals surface area contributed by atoms with E-state index in [-0.39, 0.29) is 5.91 Å². The highest BCUT2D eigenvalue weighted by atomic mass is 35.5. The van der Waals surface area contributed by atoms with E-state index in [0.717, 1.165) is 18.5 Å². The number of carbonyl (C=O) groups is 1. The molecular formula is C17H19ClN3O2. The Bertz CT molecular complexity index is 690. The minimum absolute atomic E-state index is 0.247. The first kappa shape index (κ1) is 15.9.